The van der Waals surface area contributed by atoms with Crippen LogP contribution in [0.5, 0.6) is 5.75 Å². The molecule has 1 aromatic carbocycles. The van der Waals surface area contributed by atoms with Crippen LogP contribution in [-0.4, -0.2) is 65.8 Å². The molecule has 1 aromatic rings. The molecule has 5 nitrogen and oxygen atoms in total. The largest absolute Gasteiger partial charge is 0.507 e. The molecule has 0 saturated carbocycles. The topological polar surface area (TPSA) is 64.0 Å². The third-order valence-corrected chi connectivity index (χ3v) is 5.87. The average Bonchev–Trinajstić information content (AvgIpc) is 3.03. The van der Waals surface area contributed by atoms with Gasteiger partial charge in [-0.05, 0) is 48.5 Å². The first-order chi connectivity index (χ1) is 12.7. The van der Waals surface area contributed by atoms with Gasteiger partial charge in [-0.3, -0.25) is 4.79 Å². The van der Waals surface area contributed by atoms with E-state index in [1.165, 1.54) is 0 Å². The van der Waals surface area contributed by atoms with Gasteiger partial charge in [0.1, 0.15) is 5.75 Å². The maximum atomic E-state index is 13.3. The Bertz CT molecular complexity index is 657. The first kappa shape index (κ1) is 21.7. The van der Waals surface area contributed by atoms with E-state index in [9.17, 15) is 15.0 Å². The van der Waals surface area contributed by atoms with Crippen molar-refractivity contribution in [3.8, 4) is 5.75 Å². The fourth-order valence-corrected chi connectivity index (χ4v) is 3.83. The third-order valence-electron chi connectivity index (χ3n) is 5.87. The molecule has 0 bridgehead atoms. The molecule has 27 heavy (non-hydrogen) atoms. The van der Waals surface area contributed by atoms with Crippen LogP contribution >= 0.6 is 0 Å². The number of amides is 1. The van der Waals surface area contributed by atoms with Gasteiger partial charge in [-0.25, -0.2) is 0 Å². The number of aromatic hydroxyl groups is 1. The third kappa shape index (κ3) is 4.82. The van der Waals surface area contributed by atoms with Gasteiger partial charge in [-0.2, -0.15) is 0 Å². The van der Waals surface area contributed by atoms with Crippen LogP contribution in [0, 0.1) is 11.8 Å². The highest BCUT2D eigenvalue weighted by molar-refractivity contribution is 5.97. The summed E-state index contributed by atoms with van der Waals surface area (Å²) in [5, 5.41) is 20.5. The number of hydrogen-bond donors (Lipinski definition) is 2. The van der Waals surface area contributed by atoms with E-state index in [2.05, 4.69) is 32.7 Å². The summed E-state index contributed by atoms with van der Waals surface area (Å²) >= 11 is 0. The lowest BCUT2D eigenvalue weighted by Gasteiger charge is -2.23. The molecule has 152 valence electrons. The number of benzene rings is 1. The van der Waals surface area contributed by atoms with Crippen molar-refractivity contribution in [3.05, 3.63) is 28.8 Å². The van der Waals surface area contributed by atoms with Crippen molar-refractivity contribution in [2.24, 2.45) is 11.8 Å². The molecule has 1 saturated heterocycles. The maximum absolute atomic E-state index is 13.3. The summed E-state index contributed by atoms with van der Waals surface area (Å²) in [5.41, 5.74) is 2.29. The van der Waals surface area contributed by atoms with Crippen molar-refractivity contribution in [1.82, 2.24) is 9.80 Å². The molecule has 1 fully saturated rings. The highest BCUT2D eigenvalue weighted by atomic mass is 16.3. The molecular formula is C22H36N2O3. The van der Waals surface area contributed by atoms with Gasteiger partial charge in [-0.15, -0.1) is 0 Å². The number of carbonyl (C=O) groups is 1. The number of aliphatic hydroxyl groups is 1. The molecule has 1 heterocycles. The van der Waals surface area contributed by atoms with Crippen LogP contribution in [0.4, 0.5) is 0 Å². The molecule has 0 aromatic heterocycles. The lowest BCUT2D eigenvalue weighted by Crippen LogP contribution is -2.32. The van der Waals surface area contributed by atoms with Crippen molar-refractivity contribution in [2.75, 3.05) is 39.8 Å². The first-order valence-corrected chi connectivity index (χ1v) is 10.1. The Balaban J connectivity index is 2.31. The Morgan fingerprint density at radius 1 is 1.19 bits per heavy atom. The molecule has 2 N–H and O–H groups in total. The van der Waals surface area contributed by atoms with Crippen molar-refractivity contribution in [3.63, 3.8) is 0 Å². The fourth-order valence-electron chi connectivity index (χ4n) is 3.83. The summed E-state index contributed by atoms with van der Waals surface area (Å²) in [4.78, 5) is 17.3. The van der Waals surface area contributed by atoms with Crippen LogP contribution in [0.2, 0.25) is 0 Å². The van der Waals surface area contributed by atoms with E-state index in [0.29, 0.717) is 18.7 Å². The Kier molecular flexibility index (Phi) is 7.29. The smallest absolute Gasteiger partial charge is 0.257 e. The van der Waals surface area contributed by atoms with Crippen molar-refractivity contribution < 1.29 is 15.0 Å². The highest BCUT2D eigenvalue weighted by Crippen LogP contribution is 2.35. The normalized spacial score (nSPS) is 20.3. The Labute approximate surface area is 164 Å². The summed E-state index contributed by atoms with van der Waals surface area (Å²) in [6, 6.07) is 3.86. The quantitative estimate of drug-likeness (QED) is 0.767. The van der Waals surface area contributed by atoms with Gasteiger partial charge in [0.15, 0.2) is 0 Å². The van der Waals surface area contributed by atoms with Crippen LogP contribution < -0.4 is 0 Å². The number of nitrogens with zero attached hydrogens (tertiary/aromatic N) is 2. The number of hydrogen-bond acceptors (Lipinski definition) is 4. The molecule has 1 aliphatic heterocycles. The number of aliphatic hydroxyl groups excluding tert-OH is 1. The van der Waals surface area contributed by atoms with E-state index >= 15 is 0 Å². The SMILES string of the molecule is CCN(C)C[C@@H]1CN(C(=O)c2cc(C(C)C)cc(C(C)C)c2O)C[C@@H]1CO. The summed E-state index contributed by atoms with van der Waals surface area (Å²) in [5.74, 6) is 0.743. The predicted molar refractivity (Wildman–Crippen MR) is 109 cm³/mol. The minimum Gasteiger partial charge on any atom is -0.507 e. The summed E-state index contributed by atoms with van der Waals surface area (Å²) in [6.07, 6.45) is 0. The minimum absolute atomic E-state index is 0.0846. The van der Waals surface area contributed by atoms with E-state index in [0.717, 1.165) is 24.2 Å². The van der Waals surface area contributed by atoms with E-state index in [1.807, 2.05) is 26.0 Å². The monoisotopic (exact) mass is 376 g/mol. The van der Waals surface area contributed by atoms with E-state index in [-0.39, 0.29) is 41.9 Å². The van der Waals surface area contributed by atoms with Crippen LogP contribution in [0.25, 0.3) is 0 Å². The van der Waals surface area contributed by atoms with Gasteiger partial charge >= 0.3 is 0 Å². The molecule has 0 unspecified atom stereocenters. The van der Waals surface area contributed by atoms with Gasteiger partial charge in [0.25, 0.3) is 5.91 Å². The van der Waals surface area contributed by atoms with Crippen molar-refractivity contribution >= 4 is 5.91 Å². The number of rotatable bonds is 7. The van der Waals surface area contributed by atoms with Crippen molar-refractivity contribution in [1.29, 1.82) is 0 Å². The lowest BCUT2D eigenvalue weighted by molar-refractivity contribution is 0.0776. The molecule has 1 aliphatic rings. The summed E-state index contributed by atoms with van der Waals surface area (Å²) < 4.78 is 0. The highest BCUT2D eigenvalue weighted by Gasteiger charge is 2.36. The maximum Gasteiger partial charge on any atom is 0.257 e. The van der Waals surface area contributed by atoms with Crippen LogP contribution in [0.1, 0.15) is 67.9 Å². The molecule has 0 aliphatic carbocycles. The number of phenolic OH excluding ortho intramolecular Hbond substituents is 1. The molecule has 2 rings (SSSR count). The van der Waals surface area contributed by atoms with E-state index < -0.39 is 0 Å². The van der Waals surface area contributed by atoms with Gasteiger partial charge in [0.05, 0.1) is 5.56 Å². The average molecular weight is 377 g/mol. The zero-order chi connectivity index (χ0) is 20.3. The van der Waals surface area contributed by atoms with E-state index in [4.69, 9.17) is 0 Å². The van der Waals surface area contributed by atoms with Crippen molar-refractivity contribution in [2.45, 2.75) is 46.5 Å². The standard InChI is InChI=1S/C22H36N2O3/c1-7-23(6)10-17-11-24(12-18(17)13-25)22(27)20-9-16(14(2)3)8-19(15(4)5)21(20)26/h8-9,14-15,17-18,25-26H,7,10-13H2,1-6H3/t17-,18-/m1/s1. The van der Waals surface area contributed by atoms with E-state index in [1.54, 1.807) is 4.90 Å². The molecule has 2 atom stereocenters. The summed E-state index contributed by atoms with van der Waals surface area (Å²) in [6.45, 7) is 13.4. The number of likely N-dealkylation sites (tertiary alicyclic amines) is 1. The first-order valence-electron chi connectivity index (χ1n) is 10.1. The number of phenols is 1. The molecule has 1 amide bonds. The Morgan fingerprint density at radius 3 is 2.33 bits per heavy atom. The molecule has 0 spiro atoms. The van der Waals surface area contributed by atoms with Crippen LogP contribution in [0.15, 0.2) is 12.1 Å². The zero-order valence-corrected chi connectivity index (χ0v) is 17.7. The predicted octanol–water partition coefficient (Wildman–Crippen LogP) is 3.27. The van der Waals surface area contributed by atoms with Gasteiger partial charge in [0, 0.05) is 32.2 Å². The van der Waals surface area contributed by atoms with Gasteiger partial charge in [0.2, 0.25) is 0 Å². The second-order valence-electron chi connectivity index (χ2n) is 8.58. The zero-order valence-electron chi connectivity index (χ0n) is 17.7. The number of carbonyl (C=O) groups excluding carboxylic acids is 1. The minimum atomic E-state index is -0.128. The second-order valence-corrected chi connectivity index (χ2v) is 8.58. The second kappa shape index (κ2) is 9.07. The Morgan fingerprint density at radius 2 is 1.81 bits per heavy atom. The lowest BCUT2D eigenvalue weighted by atomic mass is 9.91. The summed E-state index contributed by atoms with van der Waals surface area (Å²) in [7, 11) is 2.06. The van der Waals surface area contributed by atoms with Crippen LogP contribution in [0.3, 0.4) is 0 Å². The molecule has 5 heteroatoms. The fraction of sp³-hybridized carbons (Fsp3) is 0.682. The Hall–Kier alpha value is -1.59. The van der Waals surface area contributed by atoms with Gasteiger partial charge < -0.3 is 20.0 Å². The molecular weight excluding hydrogens is 340 g/mol. The van der Waals surface area contributed by atoms with Gasteiger partial charge in [-0.1, -0.05) is 40.7 Å². The van der Waals surface area contributed by atoms with Crippen LogP contribution in [-0.2, 0) is 0 Å². The molecule has 0 radical (unpaired) electrons.